The first-order valence-corrected chi connectivity index (χ1v) is 9.21. The average Bonchev–Trinajstić information content (AvgIpc) is 3.08. The molecule has 9 heteroatoms. The lowest BCUT2D eigenvalue weighted by Crippen LogP contribution is -2.24. The molecule has 0 radical (unpaired) electrons. The monoisotopic (exact) mass is 402 g/mol. The van der Waals surface area contributed by atoms with E-state index >= 15 is 0 Å². The number of carbonyl (C=O) groups is 2. The van der Waals surface area contributed by atoms with Crippen LogP contribution in [0.15, 0.2) is 52.8 Å². The van der Waals surface area contributed by atoms with Crippen molar-refractivity contribution >= 4 is 39.9 Å². The van der Waals surface area contributed by atoms with E-state index in [2.05, 4.69) is 20.6 Å². The Labute approximate surface area is 163 Å². The van der Waals surface area contributed by atoms with E-state index in [-0.39, 0.29) is 17.9 Å². The molecule has 2 aromatic heterocycles. The van der Waals surface area contributed by atoms with Crippen LogP contribution >= 0.6 is 22.9 Å². The first kappa shape index (κ1) is 18.8. The zero-order valence-electron chi connectivity index (χ0n) is 14.0. The van der Waals surface area contributed by atoms with Crippen molar-refractivity contribution in [1.82, 2.24) is 15.3 Å². The summed E-state index contributed by atoms with van der Waals surface area (Å²) in [6.45, 7) is 0.332. The number of nitrogens with one attached hydrogen (secondary N) is 3. The zero-order chi connectivity index (χ0) is 19.2. The van der Waals surface area contributed by atoms with Gasteiger partial charge in [-0.15, -0.1) is 11.3 Å². The summed E-state index contributed by atoms with van der Waals surface area (Å²) in [7, 11) is 0. The summed E-state index contributed by atoms with van der Waals surface area (Å²) < 4.78 is 0. The van der Waals surface area contributed by atoms with Gasteiger partial charge in [-0.05, 0) is 17.7 Å². The number of anilines is 1. The topological polar surface area (TPSA) is 104 Å². The molecule has 0 spiro atoms. The average molecular weight is 403 g/mol. The van der Waals surface area contributed by atoms with Crippen molar-refractivity contribution in [2.45, 2.75) is 13.0 Å². The molecule has 27 heavy (non-hydrogen) atoms. The van der Waals surface area contributed by atoms with Gasteiger partial charge < -0.3 is 10.3 Å². The maximum atomic E-state index is 12.1. The normalized spacial score (nSPS) is 10.4. The predicted molar refractivity (Wildman–Crippen MR) is 104 cm³/mol. The lowest BCUT2D eigenvalue weighted by molar-refractivity contribution is -0.120. The number of rotatable bonds is 6. The smallest absolute Gasteiger partial charge is 0.258 e. The van der Waals surface area contributed by atoms with Gasteiger partial charge in [-0.25, -0.2) is 4.98 Å². The zero-order valence-corrected chi connectivity index (χ0v) is 15.6. The maximum absolute atomic E-state index is 12.1. The highest BCUT2D eigenvalue weighted by molar-refractivity contribution is 7.14. The fourth-order valence-corrected chi connectivity index (χ4v) is 3.14. The molecule has 2 amide bonds. The number of aromatic nitrogens is 2. The van der Waals surface area contributed by atoms with Crippen LogP contribution < -0.4 is 16.2 Å². The molecule has 0 aliphatic rings. The first-order chi connectivity index (χ1) is 13.0. The van der Waals surface area contributed by atoms with Gasteiger partial charge in [-0.1, -0.05) is 29.8 Å². The SMILES string of the molecule is O=C(Cc1csc(NC(=O)c2ccc(=O)[nH]c2)n1)NCc1ccccc1Cl. The van der Waals surface area contributed by atoms with Crippen molar-refractivity contribution < 1.29 is 9.59 Å². The van der Waals surface area contributed by atoms with Crippen molar-refractivity contribution in [3.63, 3.8) is 0 Å². The Balaban J connectivity index is 1.53. The van der Waals surface area contributed by atoms with Crippen molar-refractivity contribution in [1.29, 1.82) is 0 Å². The Morgan fingerprint density at radius 1 is 1.19 bits per heavy atom. The Bertz CT molecular complexity index is 1010. The lowest BCUT2D eigenvalue weighted by atomic mass is 10.2. The summed E-state index contributed by atoms with van der Waals surface area (Å²) >= 11 is 7.28. The maximum Gasteiger partial charge on any atom is 0.258 e. The number of halogens is 1. The molecule has 2 heterocycles. The number of benzene rings is 1. The quantitative estimate of drug-likeness (QED) is 0.589. The summed E-state index contributed by atoms with van der Waals surface area (Å²) in [6, 6.07) is 9.98. The molecule has 0 saturated heterocycles. The fourth-order valence-electron chi connectivity index (χ4n) is 2.23. The Morgan fingerprint density at radius 2 is 2.00 bits per heavy atom. The largest absolute Gasteiger partial charge is 0.352 e. The molecule has 1 aromatic carbocycles. The Hall–Kier alpha value is -2.97. The highest BCUT2D eigenvalue weighted by Gasteiger charge is 2.11. The predicted octanol–water partition coefficient (Wildman–Crippen LogP) is 2.60. The number of nitrogens with zero attached hydrogens (tertiary/aromatic N) is 1. The van der Waals surface area contributed by atoms with E-state index in [4.69, 9.17) is 11.6 Å². The number of hydrogen-bond donors (Lipinski definition) is 3. The second-order valence-electron chi connectivity index (χ2n) is 5.58. The van der Waals surface area contributed by atoms with Gasteiger partial charge >= 0.3 is 0 Å². The van der Waals surface area contributed by atoms with Crippen LogP contribution in [-0.2, 0) is 17.8 Å². The second-order valence-corrected chi connectivity index (χ2v) is 6.85. The first-order valence-electron chi connectivity index (χ1n) is 7.96. The molecule has 0 unspecified atom stereocenters. The summed E-state index contributed by atoms with van der Waals surface area (Å²) in [5.74, 6) is -0.589. The number of aromatic amines is 1. The molecule has 0 atom stereocenters. The molecule has 3 rings (SSSR count). The van der Waals surface area contributed by atoms with Crippen molar-refractivity contribution in [3.05, 3.63) is 80.2 Å². The van der Waals surface area contributed by atoms with Gasteiger partial charge in [-0.3, -0.25) is 19.7 Å². The van der Waals surface area contributed by atoms with Gasteiger partial charge in [0.2, 0.25) is 11.5 Å². The van der Waals surface area contributed by atoms with Crippen molar-refractivity contribution in [2.75, 3.05) is 5.32 Å². The molecule has 0 aliphatic carbocycles. The Kier molecular flexibility index (Phi) is 6.00. The van der Waals surface area contributed by atoms with Crippen LogP contribution in [-0.4, -0.2) is 21.8 Å². The van der Waals surface area contributed by atoms with Gasteiger partial charge in [0, 0.05) is 29.2 Å². The molecular formula is C18H15ClN4O3S. The molecule has 0 bridgehead atoms. The highest BCUT2D eigenvalue weighted by atomic mass is 35.5. The molecule has 3 aromatic rings. The van der Waals surface area contributed by atoms with E-state index in [1.807, 2.05) is 18.2 Å². The van der Waals surface area contributed by atoms with Crippen molar-refractivity contribution in [3.8, 4) is 0 Å². The third-order valence-electron chi connectivity index (χ3n) is 3.59. The third kappa shape index (κ3) is 5.25. The van der Waals surface area contributed by atoms with Crippen LogP contribution in [0, 0.1) is 0 Å². The van der Waals surface area contributed by atoms with Crippen LogP contribution in [0.4, 0.5) is 5.13 Å². The minimum Gasteiger partial charge on any atom is -0.352 e. The van der Waals surface area contributed by atoms with Crippen LogP contribution in [0.25, 0.3) is 0 Å². The molecule has 0 aliphatic heterocycles. The second kappa shape index (κ2) is 8.61. The van der Waals surface area contributed by atoms with E-state index in [9.17, 15) is 14.4 Å². The standard InChI is InChI=1S/C18H15ClN4O3S/c19-14-4-2-1-3-11(14)8-21-16(25)7-13-10-27-18(22-13)23-17(26)12-5-6-15(24)20-9-12/h1-6,9-10H,7-8H2,(H,20,24)(H,21,25)(H,22,23,26). The van der Waals surface area contributed by atoms with E-state index < -0.39 is 5.91 Å². The molecule has 7 nitrogen and oxygen atoms in total. The molecule has 138 valence electrons. The van der Waals surface area contributed by atoms with E-state index in [1.54, 1.807) is 11.4 Å². The van der Waals surface area contributed by atoms with Crippen LogP contribution in [0.5, 0.6) is 0 Å². The van der Waals surface area contributed by atoms with E-state index in [0.29, 0.717) is 28.0 Å². The third-order valence-corrected chi connectivity index (χ3v) is 4.77. The molecule has 3 N–H and O–H groups in total. The number of amides is 2. The summed E-state index contributed by atoms with van der Waals surface area (Å²) in [5, 5.41) is 8.10. The van der Waals surface area contributed by atoms with Gasteiger partial charge in [-0.2, -0.15) is 0 Å². The van der Waals surface area contributed by atoms with Crippen LogP contribution in [0.2, 0.25) is 5.02 Å². The van der Waals surface area contributed by atoms with E-state index in [0.717, 1.165) is 5.56 Å². The van der Waals surface area contributed by atoms with Gasteiger partial charge in [0.05, 0.1) is 17.7 Å². The summed E-state index contributed by atoms with van der Waals surface area (Å²) in [5.41, 5.74) is 1.41. The fraction of sp³-hybridized carbons (Fsp3) is 0.111. The lowest BCUT2D eigenvalue weighted by Gasteiger charge is -2.06. The minimum atomic E-state index is -0.393. The summed E-state index contributed by atoms with van der Waals surface area (Å²) in [6.07, 6.45) is 1.42. The number of carbonyl (C=O) groups excluding carboxylic acids is 2. The van der Waals surface area contributed by atoms with Gasteiger partial charge in [0.25, 0.3) is 5.91 Å². The highest BCUT2D eigenvalue weighted by Crippen LogP contribution is 2.17. The number of H-pyrrole nitrogens is 1. The van der Waals surface area contributed by atoms with Gasteiger partial charge in [0.1, 0.15) is 0 Å². The van der Waals surface area contributed by atoms with Crippen molar-refractivity contribution in [2.24, 2.45) is 0 Å². The molecule has 0 saturated carbocycles. The minimum absolute atomic E-state index is 0.0927. The Morgan fingerprint density at radius 3 is 2.74 bits per heavy atom. The molecule has 0 fully saturated rings. The number of pyridine rings is 1. The molecular weight excluding hydrogens is 388 g/mol. The number of thiazole rings is 1. The van der Waals surface area contributed by atoms with Crippen LogP contribution in [0.1, 0.15) is 21.6 Å². The van der Waals surface area contributed by atoms with E-state index in [1.165, 1.54) is 29.7 Å². The number of hydrogen-bond acceptors (Lipinski definition) is 5. The van der Waals surface area contributed by atoms with Gasteiger partial charge in [0.15, 0.2) is 5.13 Å². The van der Waals surface area contributed by atoms with Crippen LogP contribution in [0.3, 0.4) is 0 Å². The summed E-state index contributed by atoms with van der Waals surface area (Å²) in [4.78, 5) is 41.9.